The first-order valence-corrected chi connectivity index (χ1v) is 6.57. The fourth-order valence-electron chi connectivity index (χ4n) is 1.41. The van der Waals surface area contributed by atoms with Crippen LogP contribution in [-0.4, -0.2) is 4.98 Å². The molecule has 0 spiro atoms. The van der Waals surface area contributed by atoms with Gasteiger partial charge in [-0.3, -0.25) is 0 Å². The molecule has 18 heavy (non-hydrogen) atoms. The number of para-hydroxylation sites is 1. The lowest BCUT2D eigenvalue weighted by Gasteiger charge is -2.12. The van der Waals surface area contributed by atoms with E-state index in [-0.39, 0.29) is 0 Å². The van der Waals surface area contributed by atoms with E-state index in [9.17, 15) is 0 Å². The zero-order valence-electron chi connectivity index (χ0n) is 9.11. The van der Waals surface area contributed by atoms with Gasteiger partial charge in [-0.2, -0.15) is 5.26 Å². The molecule has 6 heteroatoms. The summed E-state index contributed by atoms with van der Waals surface area (Å²) in [6.07, 6.45) is 1.54. The zero-order chi connectivity index (χ0) is 13.1. The first kappa shape index (κ1) is 12.9. The molecular weight excluding hydrogens is 360 g/mol. The van der Waals surface area contributed by atoms with Crippen LogP contribution in [-0.2, 0) is 0 Å². The van der Waals surface area contributed by atoms with Crippen molar-refractivity contribution in [1.29, 1.82) is 5.26 Å². The largest absolute Gasteiger partial charge is 0.395 e. The predicted octanol–water partition coefficient (Wildman–Crippen LogP) is 3.80. The Balaban J connectivity index is 2.44. The highest BCUT2D eigenvalue weighted by Crippen LogP contribution is 2.34. The number of benzene rings is 1. The minimum atomic E-state index is 0.336. The summed E-state index contributed by atoms with van der Waals surface area (Å²) in [5.74, 6) is 0.460. The van der Waals surface area contributed by atoms with Gasteiger partial charge in [-0.25, -0.2) is 4.98 Å². The Morgan fingerprint density at radius 1 is 1.22 bits per heavy atom. The molecule has 1 heterocycles. The maximum absolute atomic E-state index is 8.91. The van der Waals surface area contributed by atoms with Gasteiger partial charge in [0.1, 0.15) is 6.07 Å². The van der Waals surface area contributed by atoms with Crippen molar-refractivity contribution in [1.82, 2.24) is 4.98 Å². The summed E-state index contributed by atoms with van der Waals surface area (Å²) in [7, 11) is 0. The van der Waals surface area contributed by atoms with Gasteiger partial charge in [0.25, 0.3) is 0 Å². The Hall–Kier alpha value is -1.58. The normalized spacial score (nSPS) is 9.83. The first-order chi connectivity index (χ1) is 8.63. The number of pyridine rings is 1. The van der Waals surface area contributed by atoms with Gasteiger partial charge in [0.2, 0.25) is 0 Å². The maximum Gasteiger partial charge on any atom is 0.155 e. The molecule has 0 saturated carbocycles. The highest BCUT2D eigenvalue weighted by atomic mass is 79.9. The van der Waals surface area contributed by atoms with Crippen LogP contribution in [0.3, 0.4) is 0 Å². The van der Waals surface area contributed by atoms with Crippen LogP contribution in [0.2, 0.25) is 0 Å². The molecule has 0 saturated heterocycles. The number of anilines is 3. The van der Waals surface area contributed by atoms with Crippen molar-refractivity contribution in [2.75, 3.05) is 11.1 Å². The molecule has 4 nitrogen and oxygen atoms in total. The number of nitrogen functional groups attached to an aromatic ring is 1. The van der Waals surface area contributed by atoms with Crippen LogP contribution in [0.5, 0.6) is 0 Å². The smallest absolute Gasteiger partial charge is 0.155 e. The van der Waals surface area contributed by atoms with E-state index >= 15 is 0 Å². The third kappa shape index (κ3) is 2.47. The molecule has 0 fully saturated rings. The van der Waals surface area contributed by atoms with E-state index in [1.165, 1.54) is 0 Å². The standard InChI is InChI=1S/C12H8Br2N4/c13-8-2-1-3-9(14)11(8)18-12-10(16)7(6-15)4-5-17-12/h1-5H,16H2,(H,17,18). The molecule has 0 aliphatic rings. The highest BCUT2D eigenvalue weighted by molar-refractivity contribution is 9.11. The minimum absolute atomic E-state index is 0.336. The predicted molar refractivity (Wildman–Crippen MR) is 78.5 cm³/mol. The lowest BCUT2D eigenvalue weighted by atomic mass is 10.2. The second-order valence-corrected chi connectivity index (χ2v) is 5.16. The quantitative estimate of drug-likeness (QED) is 0.846. The van der Waals surface area contributed by atoms with Gasteiger partial charge in [0.15, 0.2) is 5.82 Å². The van der Waals surface area contributed by atoms with Gasteiger partial charge in [-0.1, -0.05) is 6.07 Å². The summed E-state index contributed by atoms with van der Waals surface area (Å²) in [6, 6.07) is 9.31. The fraction of sp³-hybridized carbons (Fsp3) is 0. The summed E-state index contributed by atoms with van der Waals surface area (Å²) >= 11 is 6.88. The SMILES string of the molecule is N#Cc1ccnc(Nc2c(Br)cccc2Br)c1N. The average molecular weight is 368 g/mol. The summed E-state index contributed by atoms with van der Waals surface area (Å²) < 4.78 is 1.75. The van der Waals surface area contributed by atoms with Gasteiger partial charge in [-0.05, 0) is 50.1 Å². The van der Waals surface area contributed by atoms with Crippen LogP contribution in [0.1, 0.15) is 5.56 Å². The second-order valence-electron chi connectivity index (χ2n) is 3.45. The molecule has 0 atom stereocenters. The Kier molecular flexibility index (Phi) is 3.84. The number of hydrogen-bond donors (Lipinski definition) is 2. The molecular formula is C12H8Br2N4. The van der Waals surface area contributed by atoms with Gasteiger partial charge in [0, 0.05) is 15.1 Å². The van der Waals surface area contributed by atoms with Crippen LogP contribution in [0.4, 0.5) is 17.2 Å². The fourth-order valence-corrected chi connectivity index (χ4v) is 2.60. The summed E-state index contributed by atoms with van der Waals surface area (Å²) in [5.41, 5.74) is 7.41. The van der Waals surface area contributed by atoms with Crippen molar-refractivity contribution >= 4 is 49.1 Å². The molecule has 0 amide bonds. The molecule has 1 aromatic carbocycles. The summed E-state index contributed by atoms with van der Waals surface area (Å²) in [6.45, 7) is 0. The van der Waals surface area contributed by atoms with Crippen LogP contribution >= 0.6 is 31.9 Å². The van der Waals surface area contributed by atoms with Crippen molar-refractivity contribution in [2.24, 2.45) is 0 Å². The molecule has 0 unspecified atom stereocenters. The molecule has 1 aromatic heterocycles. The Bertz CT molecular complexity index is 614. The van der Waals surface area contributed by atoms with E-state index in [0.29, 0.717) is 17.1 Å². The third-order valence-electron chi connectivity index (χ3n) is 2.32. The monoisotopic (exact) mass is 366 g/mol. The van der Waals surface area contributed by atoms with E-state index < -0.39 is 0 Å². The van der Waals surface area contributed by atoms with Crippen LogP contribution in [0.15, 0.2) is 39.4 Å². The van der Waals surface area contributed by atoms with Gasteiger partial charge < -0.3 is 11.1 Å². The number of nitrogens with two attached hydrogens (primary N) is 1. The molecule has 0 aliphatic carbocycles. The van der Waals surface area contributed by atoms with Gasteiger partial charge in [-0.15, -0.1) is 0 Å². The van der Waals surface area contributed by atoms with E-state index in [1.807, 2.05) is 24.3 Å². The highest BCUT2D eigenvalue weighted by Gasteiger charge is 2.10. The number of nitrogens with zero attached hydrogens (tertiary/aromatic N) is 2. The number of hydrogen-bond acceptors (Lipinski definition) is 4. The van der Waals surface area contributed by atoms with Crippen LogP contribution in [0, 0.1) is 11.3 Å². The Labute approximate surface area is 121 Å². The third-order valence-corrected chi connectivity index (χ3v) is 3.64. The van der Waals surface area contributed by atoms with Crippen molar-refractivity contribution in [3.05, 3.63) is 45.0 Å². The molecule has 2 rings (SSSR count). The van der Waals surface area contributed by atoms with E-state index in [0.717, 1.165) is 14.6 Å². The molecule has 90 valence electrons. The lowest BCUT2D eigenvalue weighted by Crippen LogP contribution is -2.02. The zero-order valence-corrected chi connectivity index (χ0v) is 12.3. The number of nitrogens with one attached hydrogen (secondary N) is 1. The number of nitriles is 1. The first-order valence-electron chi connectivity index (χ1n) is 4.99. The van der Waals surface area contributed by atoms with Crippen molar-refractivity contribution < 1.29 is 0 Å². The number of halogens is 2. The molecule has 3 N–H and O–H groups in total. The minimum Gasteiger partial charge on any atom is -0.395 e. The van der Waals surface area contributed by atoms with Crippen molar-refractivity contribution in [3.8, 4) is 6.07 Å². The lowest BCUT2D eigenvalue weighted by molar-refractivity contribution is 1.29. The second kappa shape index (κ2) is 5.38. The van der Waals surface area contributed by atoms with Gasteiger partial charge in [0.05, 0.1) is 16.9 Å². The van der Waals surface area contributed by atoms with Crippen molar-refractivity contribution in [2.45, 2.75) is 0 Å². The molecule has 0 bridgehead atoms. The maximum atomic E-state index is 8.91. The molecule has 0 radical (unpaired) electrons. The topological polar surface area (TPSA) is 74.7 Å². The number of rotatable bonds is 2. The van der Waals surface area contributed by atoms with Crippen LogP contribution in [0.25, 0.3) is 0 Å². The van der Waals surface area contributed by atoms with Crippen molar-refractivity contribution in [3.63, 3.8) is 0 Å². The van der Waals surface area contributed by atoms with E-state index in [1.54, 1.807) is 12.3 Å². The Morgan fingerprint density at radius 3 is 2.50 bits per heavy atom. The van der Waals surface area contributed by atoms with Gasteiger partial charge >= 0.3 is 0 Å². The average Bonchev–Trinajstić information content (AvgIpc) is 2.36. The molecule has 2 aromatic rings. The summed E-state index contributed by atoms with van der Waals surface area (Å²) in [4.78, 5) is 4.14. The van der Waals surface area contributed by atoms with E-state index in [4.69, 9.17) is 11.0 Å². The Morgan fingerprint density at radius 2 is 1.89 bits per heavy atom. The number of aromatic nitrogens is 1. The molecule has 0 aliphatic heterocycles. The van der Waals surface area contributed by atoms with E-state index in [2.05, 4.69) is 42.2 Å². The van der Waals surface area contributed by atoms with Crippen LogP contribution < -0.4 is 11.1 Å². The summed E-state index contributed by atoms with van der Waals surface area (Å²) in [5, 5.41) is 12.0.